The number of benzene rings is 4. The van der Waals surface area contributed by atoms with Crippen molar-refractivity contribution in [3.05, 3.63) is 119 Å². The number of methoxy groups -OCH3 is 2. The van der Waals surface area contributed by atoms with Gasteiger partial charge in [0.1, 0.15) is 38.0 Å². The molecule has 4 aromatic carbocycles. The maximum atomic E-state index is 8.52. The Morgan fingerprint density at radius 2 is 0.943 bits per heavy atom. The first-order valence-corrected chi connectivity index (χ1v) is 18.3. The normalized spacial score (nSPS) is 15.3. The number of nitrogens with zero attached hydrogens (tertiary/aromatic N) is 4. The van der Waals surface area contributed by atoms with Crippen molar-refractivity contribution in [2.24, 2.45) is 10.2 Å². The molecule has 2 aliphatic heterocycles. The Morgan fingerprint density at radius 3 is 1.25 bits per heavy atom. The van der Waals surface area contributed by atoms with E-state index in [0.29, 0.717) is 13.1 Å². The monoisotopic (exact) mass is 740 g/mol. The molecule has 0 amide bonds. The van der Waals surface area contributed by atoms with Crippen LogP contribution in [0.15, 0.2) is 107 Å². The Bertz CT molecular complexity index is 1960. The van der Waals surface area contributed by atoms with Crippen LogP contribution in [-0.2, 0) is 34.3 Å². The van der Waals surface area contributed by atoms with Crippen molar-refractivity contribution in [3.8, 4) is 11.5 Å². The van der Waals surface area contributed by atoms with Gasteiger partial charge >= 0.3 is 0 Å². The van der Waals surface area contributed by atoms with Crippen molar-refractivity contribution in [1.82, 2.24) is 10.9 Å². The number of hydrogen-bond acceptors (Lipinski definition) is 10. The molecule has 0 saturated carbocycles. The van der Waals surface area contributed by atoms with Crippen LogP contribution in [0.1, 0.15) is 49.9 Å². The third kappa shape index (κ3) is 10.4. The molecule has 0 saturated heterocycles. The maximum Gasteiger partial charge on any atom is 0.212 e. The van der Waals surface area contributed by atoms with E-state index in [1.807, 2.05) is 61.0 Å². The Kier molecular flexibility index (Phi) is 13.3. The fraction of sp³-hybridized carbons (Fsp3) is 0.300. The summed E-state index contributed by atoms with van der Waals surface area (Å²) in [5, 5.41) is 8.87. The average molecular weight is 741 g/mol. The lowest BCUT2D eigenvalue weighted by atomic mass is 9.82. The molecule has 13 heteroatoms. The van der Waals surface area contributed by atoms with E-state index in [2.05, 4.69) is 121 Å². The van der Waals surface area contributed by atoms with Gasteiger partial charge in [0.2, 0.25) is 22.8 Å². The van der Waals surface area contributed by atoms with Gasteiger partial charge in [-0.1, -0.05) is 60.7 Å². The van der Waals surface area contributed by atoms with Gasteiger partial charge in [0.05, 0.1) is 38.1 Å². The molecule has 0 unspecified atom stereocenters. The van der Waals surface area contributed by atoms with E-state index in [1.165, 1.54) is 45.1 Å². The molecule has 280 valence electrons. The first-order valence-electron chi connectivity index (χ1n) is 16.9. The number of rotatable bonds is 10. The summed E-state index contributed by atoms with van der Waals surface area (Å²) in [6.45, 7) is 10.3. The minimum Gasteiger partial charge on any atom is -0.759 e. The van der Waals surface area contributed by atoms with Gasteiger partial charge in [0, 0.05) is 33.7 Å². The predicted octanol–water partition coefficient (Wildman–Crippen LogP) is 5.62. The maximum absolute atomic E-state index is 8.52. The highest BCUT2D eigenvalue weighted by atomic mass is 32.3. The molecule has 0 atom stereocenters. The lowest BCUT2D eigenvalue weighted by Gasteiger charge is -2.14. The first kappa shape index (κ1) is 40.4. The molecule has 2 heterocycles. The molecular formula is C40H48N6O6S. The zero-order chi connectivity index (χ0) is 38.8. The van der Waals surface area contributed by atoms with E-state index in [4.69, 9.17) is 27.0 Å². The van der Waals surface area contributed by atoms with Gasteiger partial charge in [-0.2, -0.15) is 19.4 Å². The lowest BCUT2D eigenvalue weighted by Crippen LogP contribution is -2.30. The zero-order valence-electron chi connectivity index (χ0n) is 31.5. The van der Waals surface area contributed by atoms with E-state index in [9.17, 15) is 0 Å². The minimum atomic E-state index is -5.17. The van der Waals surface area contributed by atoms with Gasteiger partial charge in [-0.3, -0.25) is 8.42 Å². The standard InChI is InChI=1S/2C20H23N3O.H2O4S/c2*1-20(2)17-7-5-6-8-18(17)23(3)19(20)14-22-21-13-15-9-11-16(24-4)12-10-15;1-5(2,3)4/h2*5-12,14H,13H2,1-4H3;(H2,1,2,3,4). The highest BCUT2D eigenvalue weighted by molar-refractivity contribution is 7.79. The Balaban J connectivity index is 0.000000210. The second kappa shape index (κ2) is 17.4. The Labute approximate surface area is 312 Å². The SMILES string of the molecule is COc1ccc(CN/N=C/C2=[N+](C)c3ccccc3C2(C)C)cc1.COc1ccc(CN/N=C/C2=[N+](C)c3ccccc3C2(C)C)cc1.O=S(=O)([O-])[O-]. The smallest absolute Gasteiger partial charge is 0.212 e. The lowest BCUT2D eigenvalue weighted by molar-refractivity contribution is -0.400. The summed E-state index contributed by atoms with van der Waals surface area (Å²) in [6.07, 6.45) is 3.87. The highest BCUT2D eigenvalue weighted by Crippen LogP contribution is 2.39. The van der Waals surface area contributed by atoms with Gasteiger partial charge in [-0.15, -0.1) is 0 Å². The van der Waals surface area contributed by atoms with Gasteiger partial charge in [-0.25, -0.2) is 0 Å². The van der Waals surface area contributed by atoms with E-state index in [1.54, 1.807) is 14.2 Å². The largest absolute Gasteiger partial charge is 0.759 e. The molecule has 6 rings (SSSR count). The van der Waals surface area contributed by atoms with E-state index in [-0.39, 0.29) is 10.8 Å². The fourth-order valence-electron chi connectivity index (χ4n) is 6.43. The number of fused-ring (bicyclic) bond motifs is 2. The number of nitrogens with one attached hydrogen (secondary N) is 2. The zero-order valence-corrected chi connectivity index (χ0v) is 32.3. The van der Waals surface area contributed by atoms with Crippen LogP contribution in [0.3, 0.4) is 0 Å². The van der Waals surface area contributed by atoms with Crippen LogP contribution < -0.4 is 20.3 Å². The van der Waals surface area contributed by atoms with Crippen LogP contribution in [0.25, 0.3) is 0 Å². The number of para-hydroxylation sites is 2. The summed E-state index contributed by atoms with van der Waals surface area (Å²) in [6, 6.07) is 33.0. The van der Waals surface area contributed by atoms with Crippen molar-refractivity contribution in [1.29, 1.82) is 0 Å². The Hall–Kier alpha value is -5.37. The first-order chi connectivity index (χ1) is 25.1. The average Bonchev–Trinajstić information content (AvgIpc) is 3.45. The minimum absolute atomic E-state index is 0.0450. The van der Waals surface area contributed by atoms with E-state index in [0.717, 1.165) is 11.5 Å². The third-order valence-corrected chi connectivity index (χ3v) is 9.32. The van der Waals surface area contributed by atoms with Crippen LogP contribution in [0.2, 0.25) is 0 Å². The van der Waals surface area contributed by atoms with Gasteiger partial charge in [0.15, 0.2) is 0 Å². The second-order valence-electron chi connectivity index (χ2n) is 13.5. The Morgan fingerprint density at radius 1 is 0.623 bits per heavy atom. The number of hydrogen-bond donors (Lipinski definition) is 2. The molecule has 0 aromatic heterocycles. The van der Waals surface area contributed by atoms with Crippen LogP contribution in [-0.4, -0.2) is 78.8 Å². The molecule has 2 aliphatic rings. The summed E-state index contributed by atoms with van der Waals surface area (Å²) in [7, 11) is 2.37. The molecule has 0 spiro atoms. The second-order valence-corrected chi connectivity index (χ2v) is 14.3. The fourth-order valence-corrected chi connectivity index (χ4v) is 6.43. The molecule has 53 heavy (non-hydrogen) atoms. The summed E-state index contributed by atoms with van der Waals surface area (Å²) in [5.41, 5.74) is 16.1. The van der Waals surface area contributed by atoms with Gasteiger partial charge in [-0.05, 0) is 63.1 Å². The number of hydrazone groups is 2. The van der Waals surface area contributed by atoms with Crippen molar-refractivity contribution in [2.45, 2.75) is 51.6 Å². The van der Waals surface area contributed by atoms with Gasteiger partial charge in [0.25, 0.3) is 0 Å². The van der Waals surface area contributed by atoms with Crippen LogP contribution in [0.4, 0.5) is 11.4 Å². The molecule has 4 aromatic rings. The third-order valence-electron chi connectivity index (χ3n) is 9.32. The molecule has 0 fully saturated rings. The number of ether oxygens (including phenoxy) is 2. The molecule has 12 nitrogen and oxygen atoms in total. The van der Waals surface area contributed by atoms with E-state index >= 15 is 0 Å². The van der Waals surface area contributed by atoms with Crippen LogP contribution >= 0.6 is 0 Å². The summed E-state index contributed by atoms with van der Waals surface area (Å²) >= 11 is 0. The quantitative estimate of drug-likeness (QED) is 0.0699. The molecular weight excluding hydrogens is 693 g/mol. The molecule has 0 radical (unpaired) electrons. The van der Waals surface area contributed by atoms with Crippen molar-refractivity contribution < 1.29 is 36.1 Å². The van der Waals surface area contributed by atoms with Crippen molar-refractivity contribution in [3.63, 3.8) is 0 Å². The molecule has 2 N–H and O–H groups in total. The highest BCUT2D eigenvalue weighted by Gasteiger charge is 2.44. The van der Waals surface area contributed by atoms with Crippen molar-refractivity contribution in [2.75, 3.05) is 28.3 Å². The van der Waals surface area contributed by atoms with E-state index < -0.39 is 10.4 Å². The van der Waals surface area contributed by atoms with Gasteiger partial charge < -0.3 is 29.4 Å². The summed E-state index contributed by atoms with van der Waals surface area (Å²) in [5.74, 6) is 1.73. The van der Waals surface area contributed by atoms with Crippen LogP contribution in [0.5, 0.6) is 11.5 Å². The summed E-state index contributed by atoms with van der Waals surface area (Å²) in [4.78, 5) is 0. The summed E-state index contributed by atoms with van der Waals surface area (Å²) < 4.78 is 48.9. The molecule has 0 bridgehead atoms. The predicted molar refractivity (Wildman–Crippen MR) is 208 cm³/mol. The van der Waals surface area contributed by atoms with Crippen LogP contribution in [0, 0.1) is 0 Å². The topological polar surface area (TPSA) is 154 Å². The molecule has 0 aliphatic carbocycles. The van der Waals surface area contributed by atoms with Crippen molar-refractivity contribution >= 4 is 45.6 Å².